The lowest BCUT2D eigenvalue weighted by molar-refractivity contribution is -0.132. The standard InChI is InChI=1S/C25H23N3O3S/c1-16-5-9-18(10-6-16)28(19-11-7-17(2)8-12-19)22-14-13-20(31-22)15-21-23(29)26(3)25(32)27(4)24(21)30/h5-15H,1-4H3. The van der Waals surface area contributed by atoms with Gasteiger partial charge in [-0.25, -0.2) is 0 Å². The molecule has 1 aliphatic rings. The van der Waals surface area contributed by atoms with E-state index in [0.717, 1.165) is 22.5 Å². The summed E-state index contributed by atoms with van der Waals surface area (Å²) in [7, 11) is 3.09. The second kappa shape index (κ2) is 8.43. The van der Waals surface area contributed by atoms with Gasteiger partial charge in [0.05, 0.1) is 0 Å². The van der Waals surface area contributed by atoms with Crippen molar-refractivity contribution < 1.29 is 14.0 Å². The molecule has 0 radical (unpaired) electrons. The molecule has 0 spiro atoms. The maximum atomic E-state index is 12.6. The molecule has 1 saturated heterocycles. The van der Waals surface area contributed by atoms with Gasteiger partial charge >= 0.3 is 0 Å². The fourth-order valence-electron chi connectivity index (χ4n) is 3.45. The molecule has 162 valence electrons. The number of thiocarbonyl (C=S) groups is 1. The van der Waals surface area contributed by atoms with E-state index in [1.54, 1.807) is 20.2 Å². The van der Waals surface area contributed by atoms with Crippen molar-refractivity contribution in [2.24, 2.45) is 0 Å². The molecule has 1 fully saturated rings. The van der Waals surface area contributed by atoms with Crippen LogP contribution in [0.15, 0.2) is 70.7 Å². The Balaban J connectivity index is 1.75. The third kappa shape index (κ3) is 3.94. The van der Waals surface area contributed by atoms with Gasteiger partial charge in [-0.1, -0.05) is 35.4 Å². The number of carbonyl (C=O) groups excluding carboxylic acids is 2. The van der Waals surface area contributed by atoms with Crippen molar-refractivity contribution >= 4 is 52.5 Å². The van der Waals surface area contributed by atoms with Gasteiger partial charge in [0, 0.05) is 31.5 Å². The van der Waals surface area contributed by atoms with E-state index in [-0.39, 0.29) is 10.7 Å². The Morgan fingerprint density at radius 3 is 1.72 bits per heavy atom. The maximum Gasteiger partial charge on any atom is 0.265 e. The number of carbonyl (C=O) groups is 2. The van der Waals surface area contributed by atoms with Crippen LogP contribution in [0.2, 0.25) is 0 Å². The van der Waals surface area contributed by atoms with Crippen molar-refractivity contribution in [2.75, 3.05) is 19.0 Å². The first kappa shape index (κ1) is 21.5. The van der Waals surface area contributed by atoms with Crippen LogP contribution in [-0.4, -0.2) is 40.8 Å². The van der Waals surface area contributed by atoms with Gasteiger partial charge in [-0.3, -0.25) is 24.3 Å². The summed E-state index contributed by atoms with van der Waals surface area (Å²) in [6, 6.07) is 19.8. The normalized spacial score (nSPS) is 14.2. The van der Waals surface area contributed by atoms with Crippen LogP contribution in [0.3, 0.4) is 0 Å². The first-order valence-corrected chi connectivity index (χ1v) is 10.5. The molecule has 4 rings (SSSR count). The average Bonchev–Trinajstić information content (AvgIpc) is 3.25. The highest BCUT2D eigenvalue weighted by Crippen LogP contribution is 2.36. The minimum absolute atomic E-state index is 0.00159. The zero-order valence-electron chi connectivity index (χ0n) is 18.3. The van der Waals surface area contributed by atoms with Gasteiger partial charge in [0.15, 0.2) is 5.11 Å². The molecule has 0 aliphatic carbocycles. The maximum absolute atomic E-state index is 12.6. The molecule has 32 heavy (non-hydrogen) atoms. The van der Waals surface area contributed by atoms with Gasteiger partial charge in [0.1, 0.15) is 11.3 Å². The van der Waals surface area contributed by atoms with Crippen LogP contribution in [-0.2, 0) is 9.59 Å². The Kier molecular flexibility index (Phi) is 5.67. The highest BCUT2D eigenvalue weighted by Gasteiger charge is 2.35. The Labute approximate surface area is 192 Å². The fraction of sp³-hybridized carbons (Fsp3) is 0.160. The van der Waals surface area contributed by atoms with Crippen molar-refractivity contribution in [1.82, 2.24) is 9.80 Å². The molecule has 0 bridgehead atoms. The van der Waals surface area contributed by atoms with Gasteiger partial charge in [-0.15, -0.1) is 0 Å². The third-order valence-electron chi connectivity index (χ3n) is 5.35. The van der Waals surface area contributed by atoms with E-state index in [1.165, 1.54) is 15.9 Å². The largest absolute Gasteiger partial charge is 0.440 e. The lowest BCUT2D eigenvalue weighted by Crippen LogP contribution is -2.52. The number of likely N-dealkylation sites (N-methyl/N-ethyl adjacent to an activating group) is 2. The predicted octanol–water partition coefficient (Wildman–Crippen LogP) is 4.96. The highest BCUT2D eigenvalue weighted by molar-refractivity contribution is 7.80. The van der Waals surface area contributed by atoms with Crippen LogP contribution in [0.5, 0.6) is 0 Å². The molecule has 1 aromatic heterocycles. The molecule has 6 nitrogen and oxygen atoms in total. The zero-order chi connectivity index (χ0) is 23.0. The molecule has 0 saturated carbocycles. The highest BCUT2D eigenvalue weighted by atomic mass is 32.1. The number of benzene rings is 2. The summed E-state index contributed by atoms with van der Waals surface area (Å²) in [6.07, 6.45) is 1.46. The average molecular weight is 446 g/mol. The summed E-state index contributed by atoms with van der Waals surface area (Å²) in [6.45, 7) is 4.07. The van der Waals surface area contributed by atoms with E-state index in [1.807, 2.05) is 73.3 Å². The smallest absolute Gasteiger partial charge is 0.265 e. The van der Waals surface area contributed by atoms with Crippen molar-refractivity contribution in [3.63, 3.8) is 0 Å². The quantitative estimate of drug-likeness (QED) is 0.323. The lowest BCUT2D eigenvalue weighted by Gasteiger charge is -2.31. The first-order valence-electron chi connectivity index (χ1n) is 10.1. The lowest BCUT2D eigenvalue weighted by atomic mass is 10.1. The van der Waals surface area contributed by atoms with E-state index in [0.29, 0.717) is 11.6 Å². The molecule has 0 atom stereocenters. The molecular weight excluding hydrogens is 422 g/mol. The predicted molar refractivity (Wildman–Crippen MR) is 129 cm³/mol. The Hall–Kier alpha value is -3.71. The molecule has 3 aromatic rings. The summed E-state index contributed by atoms with van der Waals surface area (Å²) in [4.78, 5) is 29.8. The number of hydrogen-bond acceptors (Lipinski definition) is 5. The SMILES string of the molecule is Cc1ccc(N(c2ccc(C)cc2)c2ccc(C=C3C(=O)N(C)C(=S)N(C)C3=O)o2)cc1. The van der Waals surface area contributed by atoms with E-state index in [4.69, 9.17) is 16.6 Å². The second-order valence-electron chi connectivity index (χ2n) is 7.75. The number of rotatable bonds is 4. The van der Waals surface area contributed by atoms with E-state index in [9.17, 15) is 9.59 Å². The van der Waals surface area contributed by atoms with E-state index >= 15 is 0 Å². The molecule has 0 unspecified atom stereocenters. The second-order valence-corrected chi connectivity index (χ2v) is 8.12. The van der Waals surface area contributed by atoms with Crippen LogP contribution >= 0.6 is 12.2 Å². The molecule has 0 N–H and O–H groups in total. The van der Waals surface area contributed by atoms with Crippen LogP contribution in [0.1, 0.15) is 16.9 Å². The minimum Gasteiger partial charge on any atom is -0.440 e. The molecule has 1 aliphatic heterocycles. The van der Waals surface area contributed by atoms with Crippen LogP contribution < -0.4 is 4.90 Å². The third-order valence-corrected chi connectivity index (χ3v) is 5.90. The van der Waals surface area contributed by atoms with Crippen LogP contribution in [0, 0.1) is 13.8 Å². The van der Waals surface area contributed by atoms with Crippen LogP contribution in [0.25, 0.3) is 6.08 Å². The number of furan rings is 1. The molecule has 2 amide bonds. The van der Waals surface area contributed by atoms with Crippen LogP contribution in [0.4, 0.5) is 17.3 Å². The van der Waals surface area contributed by atoms with Crippen molar-refractivity contribution in [3.8, 4) is 0 Å². The zero-order valence-corrected chi connectivity index (χ0v) is 19.1. The molecular formula is C25H23N3O3S. The Bertz CT molecular complexity index is 1150. The van der Waals surface area contributed by atoms with E-state index in [2.05, 4.69) is 0 Å². The molecule has 2 heterocycles. The summed E-state index contributed by atoms with van der Waals surface area (Å²) in [5.41, 5.74) is 4.18. The van der Waals surface area contributed by atoms with Crippen molar-refractivity contribution in [3.05, 3.63) is 83.1 Å². The number of anilines is 3. The Morgan fingerprint density at radius 1 is 0.781 bits per heavy atom. The topological polar surface area (TPSA) is 57.0 Å². The van der Waals surface area contributed by atoms with Gasteiger partial charge in [0.2, 0.25) is 5.88 Å². The fourth-order valence-corrected chi connectivity index (χ4v) is 3.61. The van der Waals surface area contributed by atoms with E-state index < -0.39 is 11.8 Å². The molecule has 7 heteroatoms. The van der Waals surface area contributed by atoms with Crippen molar-refractivity contribution in [2.45, 2.75) is 13.8 Å². The number of hydrogen-bond donors (Lipinski definition) is 0. The first-order chi connectivity index (χ1) is 15.3. The number of nitrogens with zero attached hydrogens (tertiary/aromatic N) is 3. The summed E-state index contributed by atoms with van der Waals surface area (Å²) >= 11 is 5.14. The van der Waals surface area contributed by atoms with Gasteiger partial charge < -0.3 is 4.42 Å². The van der Waals surface area contributed by atoms with Gasteiger partial charge in [-0.05, 0) is 62.5 Å². The summed E-state index contributed by atoms with van der Waals surface area (Å²) in [5, 5.41) is 0.169. The number of aryl methyl sites for hydroxylation is 2. The molecule has 2 aromatic carbocycles. The minimum atomic E-state index is -0.454. The summed E-state index contributed by atoms with van der Waals surface area (Å²) < 4.78 is 6.09. The summed E-state index contributed by atoms with van der Waals surface area (Å²) in [5.74, 6) is 0.0583. The van der Waals surface area contributed by atoms with Crippen molar-refractivity contribution in [1.29, 1.82) is 0 Å². The monoisotopic (exact) mass is 445 g/mol. The van der Waals surface area contributed by atoms with Gasteiger partial charge in [0.25, 0.3) is 11.8 Å². The van der Waals surface area contributed by atoms with Gasteiger partial charge in [-0.2, -0.15) is 0 Å². The number of amides is 2. The Morgan fingerprint density at radius 2 is 1.25 bits per heavy atom.